The van der Waals surface area contributed by atoms with E-state index in [0.29, 0.717) is 19.8 Å². The highest BCUT2D eigenvalue weighted by Crippen LogP contribution is 2.55. The molecule has 1 aromatic rings. The van der Waals surface area contributed by atoms with Crippen LogP contribution in [0.1, 0.15) is 57.4 Å². The fourth-order valence-corrected chi connectivity index (χ4v) is 6.03. The lowest BCUT2D eigenvalue weighted by Gasteiger charge is -2.56. The highest BCUT2D eigenvalue weighted by atomic mass is 16.5. The van der Waals surface area contributed by atoms with Crippen molar-refractivity contribution in [2.45, 2.75) is 64.0 Å². The van der Waals surface area contributed by atoms with Crippen LogP contribution in [0.2, 0.25) is 0 Å². The Kier molecular flexibility index (Phi) is 6.09. The fraction of sp³-hybridized carbons (Fsp3) is 0.652. The van der Waals surface area contributed by atoms with E-state index in [2.05, 4.69) is 16.0 Å². The topological polar surface area (TPSA) is 79.5 Å². The van der Waals surface area contributed by atoms with E-state index in [0.717, 1.165) is 48.3 Å². The zero-order chi connectivity index (χ0) is 20.3. The van der Waals surface area contributed by atoms with Crippen LogP contribution < -0.4 is 16.0 Å². The summed E-state index contributed by atoms with van der Waals surface area (Å²) >= 11 is 0. The van der Waals surface area contributed by atoms with Gasteiger partial charge >= 0.3 is 6.03 Å². The zero-order valence-electron chi connectivity index (χ0n) is 17.3. The summed E-state index contributed by atoms with van der Waals surface area (Å²) in [6.45, 7) is 3.38. The van der Waals surface area contributed by atoms with E-state index in [1.165, 1.54) is 19.3 Å². The van der Waals surface area contributed by atoms with Crippen LogP contribution in [0.25, 0.3) is 0 Å². The SMILES string of the molecule is CCOCc1ccccc1NC(=O)CCNC(=O)NC12CC3CC(CC(C3)C1)C2. The number of ether oxygens (including phenoxy) is 1. The summed E-state index contributed by atoms with van der Waals surface area (Å²) in [6.07, 6.45) is 7.70. The first-order chi connectivity index (χ1) is 14.0. The molecule has 0 atom stereocenters. The quantitative estimate of drug-likeness (QED) is 0.622. The molecule has 4 bridgehead atoms. The number of para-hydroxylation sites is 1. The summed E-state index contributed by atoms with van der Waals surface area (Å²) in [5.41, 5.74) is 1.72. The average molecular weight is 400 g/mol. The Morgan fingerprint density at radius 3 is 2.38 bits per heavy atom. The number of anilines is 1. The van der Waals surface area contributed by atoms with Crippen LogP contribution in [0.15, 0.2) is 24.3 Å². The first-order valence-electron chi connectivity index (χ1n) is 11.1. The molecule has 0 aromatic heterocycles. The van der Waals surface area contributed by atoms with E-state index >= 15 is 0 Å². The number of nitrogens with one attached hydrogen (secondary N) is 3. The molecule has 158 valence electrons. The summed E-state index contributed by atoms with van der Waals surface area (Å²) in [7, 11) is 0. The predicted octanol–water partition coefficient (Wildman–Crippen LogP) is 3.82. The van der Waals surface area contributed by atoms with E-state index in [4.69, 9.17) is 4.74 Å². The highest BCUT2D eigenvalue weighted by Gasteiger charge is 2.51. The second-order valence-corrected chi connectivity index (χ2v) is 9.17. The molecule has 4 aliphatic carbocycles. The van der Waals surface area contributed by atoms with Gasteiger partial charge in [0.25, 0.3) is 0 Å². The van der Waals surface area contributed by atoms with Crippen LogP contribution in [0, 0.1) is 17.8 Å². The van der Waals surface area contributed by atoms with Gasteiger partial charge in [-0.25, -0.2) is 4.79 Å². The van der Waals surface area contributed by atoms with Crippen molar-refractivity contribution >= 4 is 17.6 Å². The number of benzene rings is 1. The van der Waals surface area contributed by atoms with Gasteiger partial charge in [-0.15, -0.1) is 0 Å². The summed E-state index contributed by atoms with van der Waals surface area (Å²) in [6, 6.07) is 7.52. The lowest BCUT2D eigenvalue weighted by atomic mass is 9.53. The van der Waals surface area contributed by atoms with Crippen molar-refractivity contribution in [3.8, 4) is 0 Å². The van der Waals surface area contributed by atoms with Crippen molar-refractivity contribution in [1.82, 2.24) is 10.6 Å². The Bertz CT molecular complexity index is 713. The molecule has 3 N–H and O–H groups in total. The largest absolute Gasteiger partial charge is 0.377 e. The molecule has 29 heavy (non-hydrogen) atoms. The first kappa shape index (κ1) is 20.2. The van der Waals surface area contributed by atoms with Gasteiger partial charge in [0, 0.05) is 36.4 Å². The van der Waals surface area contributed by atoms with Crippen molar-refractivity contribution < 1.29 is 14.3 Å². The molecule has 0 aliphatic heterocycles. The van der Waals surface area contributed by atoms with Crippen molar-refractivity contribution in [2.75, 3.05) is 18.5 Å². The molecule has 4 saturated carbocycles. The number of hydrogen-bond donors (Lipinski definition) is 3. The minimum Gasteiger partial charge on any atom is -0.377 e. The smallest absolute Gasteiger partial charge is 0.315 e. The van der Waals surface area contributed by atoms with E-state index < -0.39 is 0 Å². The van der Waals surface area contributed by atoms with Gasteiger partial charge in [-0.05, 0) is 69.3 Å². The maximum Gasteiger partial charge on any atom is 0.315 e. The number of amides is 3. The number of rotatable bonds is 8. The molecule has 0 unspecified atom stereocenters. The van der Waals surface area contributed by atoms with Crippen LogP contribution >= 0.6 is 0 Å². The third-order valence-corrected chi connectivity index (χ3v) is 6.81. The normalized spacial score (nSPS) is 29.5. The number of urea groups is 1. The lowest BCUT2D eigenvalue weighted by Crippen LogP contribution is -2.61. The molecular weight excluding hydrogens is 366 g/mol. The van der Waals surface area contributed by atoms with Crippen LogP contribution in [0.3, 0.4) is 0 Å². The Morgan fingerprint density at radius 2 is 1.72 bits per heavy atom. The molecule has 1 aromatic carbocycles. The molecule has 0 radical (unpaired) electrons. The predicted molar refractivity (Wildman–Crippen MR) is 112 cm³/mol. The number of carbonyl (C=O) groups excluding carboxylic acids is 2. The monoisotopic (exact) mass is 399 g/mol. The molecule has 0 heterocycles. The third-order valence-electron chi connectivity index (χ3n) is 6.81. The molecule has 0 spiro atoms. The molecule has 6 heteroatoms. The van der Waals surface area contributed by atoms with E-state index in [1.807, 2.05) is 31.2 Å². The zero-order valence-corrected chi connectivity index (χ0v) is 17.3. The Hall–Kier alpha value is -2.08. The summed E-state index contributed by atoms with van der Waals surface area (Å²) < 4.78 is 5.45. The van der Waals surface area contributed by atoms with Crippen LogP contribution in [-0.4, -0.2) is 30.6 Å². The van der Waals surface area contributed by atoms with Crippen molar-refractivity contribution in [3.05, 3.63) is 29.8 Å². The second-order valence-electron chi connectivity index (χ2n) is 9.17. The Labute approximate surface area is 173 Å². The van der Waals surface area contributed by atoms with Gasteiger partial charge in [-0.1, -0.05) is 18.2 Å². The Balaban J connectivity index is 1.21. The Morgan fingerprint density at radius 1 is 1.07 bits per heavy atom. The molecular formula is C23H33N3O3. The molecule has 5 rings (SSSR count). The standard InChI is InChI=1S/C23H33N3O3/c1-2-29-15-19-5-3-4-6-20(19)25-21(27)7-8-24-22(28)26-23-12-16-9-17(13-23)11-18(10-16)14-23/h3-6,16-18H,2,7-15H2,1H3,(H,25,27)(H2,24,26,28). The maximum absolute atomic E-state index is 12.5. The van der Waals surface area contributed by atoms with Gasteiger partial charge in [-0.3, -0.25) is 4.79 Å². The van der Waals surface area contributed by atoms with Crippen LogP contribution in [0.5, 0.6) is 0 Å². The van der Waals surface area contributed by atoms with Crippen LogP contribution in [-0.2, 0) is 16.1 Å². The van der Waals surface area contributed by atoms with Crippen molar-refractivity contribution in [1.29, 1.82) is 0 Å². The minimum atomic E-state index is -0.128. The number of carbonyl (C=O) groups is 2. The molecule has 4 aliphatic rings. The first-order valence-corrected chi connectivity index (χ1v) is 11.1. The summed E-state index contributed by atoms with van der Waals surface area (Å²) in [5.74, 6) is 2.28. The third kappa shape index (κ3) is 4.92. The number of hydrogen-bond acceptors (Lipinski definition) is 3. The van der Waals surface area contributed by atoms with E-state index in [1.54, 1.807) is 0 Å². The van der Waals surface area contributed by atoms with Gasteiger partial charge < -0.3 is 20.7 Å². The molecule has 6 nitrogen and oxygen atoms in total. The van der Waals surface area contributed by atoms with Crippen molar-refractivity contribution in [3.63, 3.8) is 0 Å². The van der Waals surface area contributed by atoms with Gasteiger partial charge in [0.15, 0.2) is 0 Å². The summed E-state index contributed by atoms with van der Waals surface area (Å²) in [5, 5.41) is 9.10. The minimum absolute atomic E-state index is 0.000685. The summed E-state index contributed by atoms with van der Waals surface area (Å²) in [4.78, 5) is 24.8. The maximum atomic E-state index is 12.5. The van der Waals surface area contributed by atoms with Gasteiger partial charge in [0.1, 0.15) is 0 Å². The van der Waals surface area contributed by atoms with Gasteiger partial charge in [0.2, 0.25) is 5.91 Å². The van der Waals surface area contributed by atoms with Gasteiger partial charge in [-0.2, -0.15) is 0 Å². The average Bonchev–Trinajstić information content (AvgIpc) is 2.65. The molecule has 4 fully saturated rings. The van der Waals surface area contributed by atoms with Crippen LogP contribution in [0.4, 0.5) is 10.5 Å². The highest BCUT2D eigenvalue weighted by molar-refractivity contribution is 5.91. The van der Waals surface area contributed by atoms with Crippen molar-refractivity contribution in [2.24, 2.45) is 17.8 Å². The van der Waals surface area contributed by atoms with Gasteiger partial charge in [0.05, 0.1) is 6.61 Å². The fourth-order valence-electron chi connectivity index (χ4n) is 6.03. The molecule has 0 saturated heterocycles. The van der Waals surface area contributed by atoms with E-state index in [-0.39, 0.29) is 23.9 Å². The lowest BCUT2D eigenvalue weighted by molar-refractivity contribution is -0.116. The second kappa shape index (κ2) is 8.74. The van der Waals surface area contributed by atoms with E-state index in [9.17, 15) is 9.59 Å². The molecule has 3 amide bonds.